The lowest BCUT2D eigenvalue weighted by atomic mass is 10.1. The number of hydrogen-bond donors (Lipinski definition) is 1. The van der Waals surface area contributed by atoms with Crippen molar-refractivity contribution in [2.45, 2.75) is 25.7 Å². The molecule has 5 nitrogen and oxygen atoms in total. The second kappa shape index (κ2) is 7.35. The van der Waals surface area contributed by atoms with Crippen LogP contribution in [0.3, 0.4) is 0 Å². The quantitative estimate of drug-likeness (QED) is 0.721. The third kappa shape index (κ3) is 3.42. The number of rotatable bonds is 4. The number of amides is 1. The summed E-state index contributed by atoms with van der Waals surface area (Å²) in [5.41, 5.74) is 6.76. The standard InChI is InChI=1S/C21H20N4O/c26-21(23-22-17-11-7-8-12-17)19-15-25(18-13-5-2-6-14-18)24-20(19)16-9-3-1-4-10-16/h1-6,9-10,13-15H,7-8,11-12H2,(H,23,26). The SMILES string of the molecule is O=C(NN=C1CCCC1)c1cn(-c2ccccc2)nc1-c1ccccc1. The second-order valence-electron chi connectivity index (χ2n) is 6.36. The number of benzene rings is 2. The number of hydrogen-bond acceptors (Lipinski definition) is 3. The molecule has 0 aliphatic heterocycles. The molecule has 0 atom stereocenters. The minimum Gasteiger partial charge on any atom is -0.267 e. The van der Waals surface area contributed by atoms with Crippen molar-refractivity contribution in [1.29, 1.82) is 0 Å². The van der Waals surface area contributed by atoms with Gasteiger partial charge < -0.3 is 0 Å². The fourth-order valence-electron chi connectivity index (χ4n) is 3.15. The lowest BCUT2D eigenvalue weighted by Gasteiger charge is -2.02. The van der Waals surface area contributed by atoms with Crippen LogP contribution >= 0.6 is 0 Å². The Morgan fingerprint density at radius 1 is 0.962 bits per heavy atom. The van der Waals surface area contributed by atoms with Gasteiger partial charge in [-0.1, -0.05) is 48.5 Å². The molecule has 1 N–H and O–H groups in total. The van der Waals surface area contributed by atoms with Gasteiger partial charge in [0.25, 0.3) is 5.91 Å². The van der Waals surface area contributed by atoms with Gasteiger partial charge in [-0.25, -0.2) is 10.1 Å². The Hall–Kier alpha value is -3.21. The Labute approximate surface area is 152 Å². The predicted octanol–water partition coefficient (Wildman–Crippen LogP) is 4.20. The molecule has 26 heavy (non-hydrogen) atoms. The molecule has 5 heteroatoms. The van der Waals surface area contributed by atoms with E-state index in [0.29, 0.717) is 11.3 Å². The number of hydrazone groups is 1. The molecule has 4 rings (SSSR count). The van der Waals surface area contributed by atoms with Crippen LogP contribution in [0.25, 0.3) is 16.9 Å². The van der Waals surface area contributed by atoms with Gasteiger partial charge in [0.1, 0.15) is 5.69 Å². The zero-order chi connectivity index (χ0) is 17.8. The molecule has 0 radical (unpaired) electrons. The summed E-state index contributed by atoms with van der Waals surface area (Å²) in [6.07, 6.45) is 6.00. The predicted molar refractivity (Wildman–Crippen MR) is 102 cm³/mol. The van der Waals surface area contributed by atoms with Crippen molar-refractivity contribution in [3.63, 3.8) is 0 Å². The van der Waals surface area contributed by atoms with Crippen LogP contribution in [-0.4, -0.2) is 21.4 Å². The average Bonchev–Trinajstić information content (AvgIpc) is 3.37. The molecule has 1 heterocycles. The molecule has 0 spiro atoms. The topological polar surface area (TPSA) is 59.3 Å². The Kier molecular flexibility index (Phi) is 4.60. The molecule has 2 aromatic carbocycles. The van der Waals surface area contributed by atoms with E-state index < -0.39 is 0 Å². The summed E-state index contributed by atoms with van der Waals surface area (Å²) >= 11 is 0. The van der Waals surface area contributed by atoms with Crippen molar-refractivity contribution in [3.05, 3.63) is 72.4 Å². The van der Waals surface area contributed by atoms with Crippen LogP contribution < -0.4 is 5.43 Å². The highest BCUT2D eigenvalue weighted by Crippen LogP contribution is 2.23. The molecule has 1 aromatic heterocycles. The summed E-state index contributed by atoms with van der Waals surface area (Å²) in [7, 11) is 0. The van der Waals surface area contributed by atoms with Crippen LogP contribution in [0.5, 0.6) is 0 Å². The summed E-state index contributed by atoms with van der Waals surface area (Å²) in [5.74, 6) is -0.231. The molecular weight excluding hydrogens is 324 g/mol. The third-order valence-corrected chi connectivity index (χ3v) is 4.52. The van der Waals surface area contributed by atoms with E-state index in [1.54, 1.807) is 10.9 Å². The Balaban J connectivity index is 1.70. The fraction of sp³-hybridized carbons (Fsp3) is 0.190. The van der Waals surface area contributed by atoms with Crippen LogP contribution in [0.15, 0.2) is 72.0 Å². The maximum absolute atomic E-state index is 12.8. The van der Waals surface area contributed by atoms with Crippen molar-refractivity contribution in [2.75, 3.05) is 0 Å². The maximum atomic E-state index is 12.8. The smallest absolute Gasteiger partial charge is 0.267 e. The minimum atomic E-state index is -0.231. The summed E-state index contributed by atoms with van der Waals surface area (Å²) in [6, 6.07) is 19.5. The largest absolute Gasteiger partial charge is 0.275 e. The Morgan fingerprint density at radius 2 is 1.62 bits per heavy atom. The first-order chi connectivity index (χ1) is 12.8. The summed E-state index contributed by atoms with van der Waals surface area (Å²) < 4.78 is 1.74. The summed E-state index contributed by atoms with van der Waals surface area (Å²) in [5, 5.41) is 8.96. The third-order valence-electron chi connectivity index (χ3n) is 4.52. The normalized spacial score (nSPS) is 13.6. The van der Waals surface area contributed by atoms with E-state index in [1.807, 2.05) is 60.7 Å². The van der Waals surface area contributed by atoms with Crippen molar-refractivity contribution in [1.82, 2.24) is 15.2 Å². The van der Waals surface area contributed by atoms with Crippen molar-refractivity contribution in [2.24, 2.45) is 5.10 Å². The van der Waals surface area contributed by atoms with Gasteiger partial charge in [0.05, 0.1) is 11.3 Å². The molecule has 0 unspecified atom stereocenters. The first-order valence-corrected chi connectivity index (χ1v) is 8.87. The Morgan fingerprint density at radius 3 is 2.31 bits per heavy atom. The van der Waals surface area contributed by atoms with Crippen LogP contribution in [0, 0.1) is 0 Å². The van der Waals surface area contributed by atoms with Gasteiger partial charge >= 0.3 is 0 Å². The lowest BCUT2D eigenvalue weighted by Crippen LogP contribution is -2.19. The van der Waals surface area contributed by atoms with Gasteiger partial charge in [-0.3, -0.25) is 4.79 Å². The molecule has 1 fully saturated rings. The van der Waals surface area contributed by atoms with Gasteiger partial charge in [-0.2, -0.15) is 10.2 Å². The van der Waals surface area contributed by atoms with E-state index in [0.717, 1.165) is 42.6 Å². The average molecular weight is 344 g/mol. The van der Waals surface area contributed by atoms with E-state index in [1.165, 1.54) is 0 Å². The van der Waals surface area contributed by atoms with Crippen molar-refractivity contribution < 1.29 is 4.79 Å². The first kappa shape index (κ1) is 16.3. The van der Waals surface area contributed by atoms with E-state index in [2.05, 4.69) is 15.6 Å². The fourth-order valence-corrected chi connectivity index (χ4v) is 3.15. The highest BCUT2D eigenvalue weighted by molar-refractivity contribution is 6.00. The molecule has 1 aliphatic carbocycles. The molecule has 1 amide bonds. The zero-order valence-corrected chi connectivity index (χ0v) is 14.4. The van der Waals surface area contributed by atoms with Crippen LogP contribution in [-0.2, 0) is 0 Å². The van der Waals surface area contributed by atoms with Crippen LogP contribution in [0.4, 0.5) is 0 Å². The van der Waals surface area contributed by atoms with Gasteiger partial charge in [0.15, 0.2) is 0 Å². The summed E-state index contributed by atoms with van der Waals surface area (Å²) in [4.78, 5) is 12.8. The molecule has 0 bridgehead atoms. The highest BCUT2D eigenvalue weighted by Gasteiger charge is 2.19. The number of carbonyl (C=O) groups is 1. The lowest BCUT2D eigenvalue weighted by molar-refractivity contribution is 0.0955. The van der Waals surface area contributed by atoms with Crippen LogP contribution in [0.2, 0.25) is 0 Å². The maximum Gasteiger partial charge on any atom is 0.275 e. The van der Waals surface area contributed by atoms with Crippen molar-refractivity contribution >= 4 is 11.6 Å². The number of aromatic nitrogens is 2. The number of nitrogens with zero attached hydrogens (tertiary/aromatic N) is 3. The molecule has 3 aromatic rings. The van der Waals surface area contributed by atoms with E-state index in [4.69, 9.17) is 0 Å². The summed E-state index contributed by atoms with van der Waals surface area (Å²) in [6.45, 7) is 0. The van der Waals surface area contributed by atoms with E-state index in [-0.39, 0.29) is 5.91 Å². The highest BCUT2D eigenvalue weighted by atomic mass is 16.2. The molecular formula is C21H20N4O. The second-order valence-corrected chi connectivity index (χ2v) is 6.36. The van der Waals surface area contributed by atoms with Crippen LogP contribution in [0.1, 0.15) is 36.0 Å². The Bertz CT molecular complexity index is 921. The van der Waals surface area contributed by atoms with Crippen molar-refractivity contribution in [3.8, 4) is 16.9 Å². The first-order valence-electron chi connectivity index (χ1n) is 8.87. The van der Waals surface area contributed by atoms with Gasteiger partial charge in [-0.05, 0) is 37.8 Å². The number of nitrogens with one attached hydrogen (secondary N) is 1. The molecule has 0 saturated heterocycles. The monoisotopic (exact) mass is 344 g/mol. The minimum absolute atomic E-state index is 0.231. The van der Waals surface area contributed by atoms with Gasteiger partial charge in [-0.15, -0.1) is 0 Å². The van der Waals surface area contributed by atoms with Gasteiger partial charge in [0.2, 0.25) is 0 Å². The van der Waals surface area contributed by atoms with Gasteiger partial charge in [0, 0.05) is 17.5 Å². The number of carbonyl (C=O) groups excluding carboxylic acids is 1. The number of para-hydroxylation sites is 1. The molecule has 1 saturated carbocycles. The van der Waals surface area contributed by atoms with E-state index in [9.17, 15) is 4.79 Å². The molecule has 1 aliphatic rings. The molecule has 130 valence electrons. The van der Waals surface area contributed by atoms with E-state index >= 15 is 0 Å². The zero-order valence-electron chi connectivity index (χ0n) is 14.4.